The van der Waals surface area contributed by atoms with Gasteiger partial charge in [0, 0.05) is 18.7 Å². The van der Waals surface area contributed by atoms with Gasteiger partial charge in [0.15, 0.2) is 5.75 Å². The average Bonchev–Trinajstić information content (AvgIpc) is 3.05. The van der Waals surface area contributed by atoms with E-state index in [9.17, 15) is 9.18 Å². The van der Waals surface area contributed by atoms with E-state index in [-0.39, 0.29) is 23.5 Å². The maximum atomic E-state index is 14.1. The van der Waals surface area contributed by atoms with Gasteiger partial charge in [-0.3, -0.25) is 4.79 Å². The van der Waals surface area contributed by atoms with Crippen LogP contribution in [0.15, 0.2) is 60.7 Å². The van der Waals surface area contributed by atoms with Crippen molar-refractivity contribution in [3.05, 3.63) is 77.7 Å². The van der Waals surface area contributed by atoms with Crippen LogP contribution < -0.4 is 10.1 Å². The first-order valence-corrected chi connectivity index (χ1v) is 8.01. The van der Waals surface area contributed by atoms with Crippen molar-refractivity contribution in [1.82, 2.24) is 10.3 Å². The van der Waals surface area contributed by atoms with Gasteiger partial charge >= 0.3 is 0 Å². The van der Waals surface area contributed by atoms with Gasteiger partial charge in [-0.15, -0.1) is 0 Å². The molecule has 0 fully saturated rings. The number of ether oxygens (including phenoxy) is 1. The molecule has 0 unspecified atom stereocenters. The summed E-state index contributed by atoms with van der Waals surface area (Å²) in [6.45, 7) is 1.90. The van der Waals surface area contributed by atoms with Crippen LogP contribution in [0.4, 0.5) is 4.39 Å². The van der Waals surface area contributed by atoms with Crippen molar-refractivity contribution < 1.29 is 13.9 Å². The summed E-state index contributed by atoms with van der Waals surface area (Å²) < 4.78 is 20.0. The van der Waals surface area contributed by atoms with E-state index in [1.54, 1.807) is 24.3 Å². The summed E-state index contributed by atoms with van der Waals surface area (Å²) in [4.78, 5) is 15.1. The van der Waals surface area contributed by atoms with Crippen LogP contribution >= 0.6 is 0 Å². The van der Waals surface area contributed by atoms with E-state index in [2.05, 4.69) is 10.3 Å². The quantitative estimate of drug-likeness (QED) is 0.728. The van der Waals surface area contributed by atoms with Gasteiger partial charge in [-0.25, -0.2) is 4.39 Å². The number of hydrogen-bond acceptors (Lipinski definition) is 2. The van der Waals surface area contributed by atoms with Crippen molar-refractivity contribution in [2.75, 3.05) is 7.05 Å². The number of H-pyrrole nitrogens is 1. The van der Waals surface area contributed by atoms with Gasteiger partial charge in [-0.05, 0) is 24.6 Å². The highest BCUT2D eigenvalue weighted by Gasteiger charge is 2.20. The summed E-state index contributed by atoms with van der Waals surface area (Å²) in [5, 5.41) is 2.57. The Bertz CT molecular complexity index is 874. The van der Waals surface area contributed by atoms with E-state index in [0.29, 0.717) is 17.0 Å². The third kappa shape index (κ3) is 3.55. The van der Waals surface area contributed by atoms with E-state index in [0.717, 1.165) is 5.56 Å². The number of aromatic nitrogens is 1. The zero-order valence-corrected chi connectivity index (χ0v) is 14.0. The summed E-state index contributed by atoms with van der Waals surface area (Å²) in [6, 6.07) is 17.7. The van der Waals surface area contributed by atoms with Crippen molar-refractivity contribution in [3.8, 4) is 17.0 Å². The molecule has 0 bridgehead atoms. The number of benzene rings is 2. The predicted molar refractivity (Wildman–Crippen MR) is 95.1 cm³/mol. The number of nitrogens with one attached hydrogen (secondary N) is 2. The largest absolute Gasteiger partial charge is 0.484 e. The van der Waals surface area contributed by atoms with Crippen molar-refractivity contribution in [2.24, 2.45) is 0 Å². The van der Waals surface area contributed by atoms with Gasteiger partial charge in [0.25, 0.3) is 5.91 Å². The van der Waals surface area contributed by atoms with E-state index in [4.69, 9.17) is 4.74 Å². The molecule has 2 N–H and O–H groups in total. The molecule has 4 nitrogen and oxygen atoms in total. The highest BCUT2D eigenvalue weighted by molar-refractivity contribution is 5.96. The third-order valence-electron chi connectivity index (χ3n) is 3.97. The molecule has 5 heteroatoms. The highest BCUT2D eigenvalue weighted by Crippen LogP contribution is 2.31. The third-order valence-corrected chi connectivity index (χ3v) is 3.97. The maximum absolute atomic E-state index is 14.1. The van der Waals surface area contributed by atoms with Crippen molar-refractivity contribution in [1.29, 1.82) is 0 Å². The first-order valence-electron chi connectivity index (χ1n) is 8.01. The second kappa shape index (κ2) is 7.21. The Labute approximate surface area is 145 Å². The Hall–Kier alpha value is -3.08. The van der Waals surface area contributed by atoms with Crippen molar-refractivity contribution in [3.63, 3.8) is 0 Å². The molecule has 25 heavy (non-hydrogen) atoms. The molecule has 2 aromatic carbocycles. The molecule has 128 valence electrons. The fourth-order valence-corrected chi connectivity index (χ4v) is 2.63. The minimum Gasteiger partial charge on any atom is -0.484 e. The second-order valence-corrected chi connectivity index (χ2v) is 5.65. The molecule has 0 aliphatic carbocycles. The van der Waals surface area contributed by atoms with Crippen LogP contribution in [-0.2, 0) is 0 Å². The van der Waals surface area contributed by atoms with Gasteiger partial charge in [-0.1, -0.05) is 42.5 Å². The molecule has 0 saturated heterocycles. The van der Waals surface area contributed by atoms with Gasteiger partial charge < -0.3 is 15.0 Å². The number of amides is 1. The van der Waals surface area contributed by atoms with Crippen molar-refractivity contribution >= 4 is 5.91 Å². The molecule has 0 spiro atoms. The summed E-state index contributed by atoms with van der Waals surface area (Å²) in [6.07, 6.45) is -0.256. The lowest BCUT2D eigenvalue weighted by Gasteiger charge is -2.14. The Morgan fingerprint density at radius 3 is 2.48 bits per heavy atom. The second-order valence-electron chi connectivity index (χ2n) is 5.65. The maximum Gasteiger partial charge on any atom is 0.271 e. The van der Waals surface area contributed by atoms with Crippen LogP contribution in [0.2, 0.25) is 0 Å². The van der Waals surface area contributed by atoms with Crippen LogP contribution in [0.5, 0.6) is 5.75 Å². The van der Waals surface area contributed by atoms with Crippen LogP contribution in [0, 0.1) is 5.82 Å². The number of carbonyl (C=O) groups excluding carboxylic acids is 1. The highest BCUT2D eigenvalue weighted by atomic mass is 19.1. The van der Waals surface area contributed by atoms with E-state index in [1.807, 2.05) is 37.3 Å². The first-order chi connectivity index (χ1) is 12.1. The van der Waals surface area contributed by atoms with Crippen molar-refractivity contribution in [2.45, 2.75) is 13.0 Å². The lowest BCUT2D eigenvalue weighted by molar-refractivity contribution is 0.0952. The summed E-state index contributed by atoms with van der Waals surface area (Å²) in [7, 11) is 1.54. The SMILES string of the molecule is CNC(=O)c1[nH]c(-c2ccccc2F)cc1O[C@@H](C)c1ccccc1. The standard InChI is InChI=1S/C20H19FN2O2/c1-13(14-8-4-3-5-9-14)25-18-12-17(23-19(18)20(24)22-2)15-10-6-7-11-16(15)21/h3-13,23H,1-2H3,(H,22,24)/t13-/m0/s1. The number of rotatable bonds is 5. The smallest absolute Gasteiger partial charge is 0.271 e. The lowest BCUT2D eigenvalue weighted by atomic mass is 10.1. The molecule has 3 rings (SSSR count). The van der Waals surface area contributed by atoms with Crippen LogP contribution in [-0.4, -0.2) is 17.9 Å². The fourth-order valence-electron chi connectivity index (χ4n) is 2.63. The van der Waals surface area contributed by atoms with Gasteiger partial charge in [0.2, 0.25) is 0 Å². The Kier molecular flexibility index (Phi) is 4.84. The molecule has 1 amide bonds. The summed E-state index contributed by atoms with van der Waals surface area (Å²) in [5.41, 5.74) is 2.13. The molecule has 1 atom stereocenters. The van der Waals surface area contributed by atoms with Gasteiger partial charge in [-0.2, -0.15) is 0 Å². The number of aromatic amines is 1. The number of halogens is 1. The number of hydrogen-bond donors (Lipinski definition) is 2. The number of carbonyl (C=O) groups is 1. The molecule has 0 aliphatic heterocycles. The molecule has 0 aliphatic rings. The van der Waals surface area contributed by atoms with Crippen LogP contribution in [0.25, 0.3) is 11.3 Å². The Morgan fingerprint density at radius 2 is 1.80 bits per heavy atom. The molecule has 3 aromatic rings. The van der Waals surface area contributed by atoms with E-state index in [1.165, 1.54) is 13.1 Å². The summed E-state index contributed by atoms with van der Waals surface area (Å²) >= 11 is 0. The van der Waals surface area contributed by atoms with Gasteiger partial charge in [0.1, 0.15) is 17.6 Å². The molecular formula is C20H19FN2O2. The minimum absolute atomic E-state index is 0.256. The van der Waals surface area contributed by atoms with E-state index < -0.39 is 0 Å². The predicted octanol–water partition coefficient (Wildman–Crippen LogP) is 4.32. The zero-order valence-electron chi connectivity index (χ0n) is 14.0. The van der Waals surface area contributed by atoms with Gasteiger partial charge in [0.05, 0.1) is 5.69 Å². The Balaban J connectivity index is 1.97. The molecule has 0 radical (unpaired) electrons. The molecule has 1 aromatic heterocycles. The first kappa shape index (κ1) is 16.8. The van der Waals surface area contributed by atoms with Crippen LogP contribution in [0.3, 0.4) is 0 Å². The van der Waals surface area contributed by atoms with Crippen LogP contribution in [0.1, 0.15) is 29.1 Å². The molecular weight excluding hydrogens is 319 g/mol. The fraction of sp³-hybridized carbons (Fsp3) is 0.150. The molecule has 1 heterocycles. The monoisotopic (exact) mass is 338 g/mol. The average molecular weight is 338 g/mol. The van der Waals surface area contributed by atoms with E-state index >= 15 is 0 Å². The summed E-state index contributed by atoms with van der Waals surface area (Å²) in [5.74, 6) is -0.304. The topological polar surface area (TPSA) is 54.1 Å². The normalized spacial score (nSPS) is 11.8. The minimum atomic E-state index is -0.366. The molecule has 0 saturated carbocycles. The lowest BCUT2D eigenvalue weighted by Crippen LogP contribution is -2.19. The Morgan fingerprint density at radius 1 is 1.12 bits per heavy atom. The zero-order chi connectivity index (χ0) is 17.8.